The topological polar surface area (TPSA) is 49.3 Å². The number of aliphatic hydroxyl groups excluding tert-OH is 1. The van der Waals surface area contributed by atoms with Crippen LogP contribution < -0.4 is 5.32 Å². The van der Waals surface area contributed by atoms with Crippen molar-refractivity contribution < 1.29 is 9.90 Å². The Morgan fingerprint density at radius 2 is 1.88 bits per heavy atom. The molecule has 0 aliphatic heterocycles. The monoisotopic (exact) mass is 217 g/mol. The number of benzene rings is 1. The third-order valence-electron chi connectivity index (χ3n) is 2.78. The Morgan fingerprint density at radius 1 is 1.25 bits per heavy atom. The largest absolute Gasteiger partial charge is 0.392 e. The lowest BCUT2D eigenvalue weighted by molar-refractivity contribution is -0.119. The van der Waals surface area contributed by atoms with Crippen LogP contribution in [0.15, 0.2) is 36.4 Å². The number of carbonyl (C=O) groups excluding carboxylic acids is 1. The summed E-state index contributed by atoms with van der Waals surface area (Å²) in [4.78, 5) is 11.8. The quantitative estimate of drug-likeness (QED) is 0.761. The van der Waals surface area contributed by atoms with Gasteiger partial charge in [-0.15, -0.1) is 0 Å². The summed E-state index contributed by atoms with van der Waals surface area (Å²) in [5, 5.41) is 11.8. The van der Waals surface area contributed by atoms with E-state index in [4.69, 9.17) is 5.11 Å². The number of nitrogens with one attached hydrogen (secondary N) is 1. The molecule has 0 heterocycles. The summed E-state index contributed by atoms with van der Waals surface area (Å²) in [6.07, 6.45) is 5.75. The molecule has 1 aliphatic rings. The number of allylic oxidation sites excluding steroid dienone is 2. The zero-order chi connectivity index (χ0) is 11.4. The SMILES string of the molecule is O=C(Nc1ccc(CO)cc1)C1CC=CC1. The first-order valence-corrected chi connectivity index (χ1v) is 5.45. The minimum atomic E-state index is 0.0285. The number of aliphatic hydroxyl groups is 1. The van der Waals surface area contributed by atoms with Gasteiger partial charge in [-0.05, 0) is 30.5 Å². The maximum absolute atomic E-state index is 11.8. The van der Waals surface area contributed by atoms with E-state index in [1.54, 1.807) is 0 Å². The van der Waals surface area contributed by atoms with Gasteiger partial charge in [0.2, 0.25) is 5.91 Å². The first-order chi connectivity index (χ1) is 7.79. The summed E-state index contributed by atoms with van der Waals surface area (Å²) in [6.45, 7) is 0.0285. The molecule has 1 aliphatic carbocycles. The van der Waals surface area contributed by atoms with E-state index in [9.17, 15) is 4.79 Å². The van der Waals surface area contributed by atoms with Crippen LogP contribution in [0.1, 0.15) is 18.4 Å². The smallest absolute Gasteiger partial charge is 0.228 e. The van der Waals surface area contributed by atoms with Gasteiger partial charge in [-0.3, -0.25) is 4.79 Å². The van der Waals surface area contributed by atoms with E-state index in [0.29, 0.717) is 0 Å². The molecule has 0 spiro atoms. The van der Waals surface area contributed by atoms with Gasteiger partial charge in [-0.1, -0.05) is 24.3 Å². The summed E-state index contributed by atoms with van der Waals surface area (Å²) in [5.41, 5.74) is 1.63. The van der Waals surface area contributed by atoms with E-state index in [0.717, 1.165) is 24.1 Å². The van der Waals surface area contributed by atoms with Crippen molar-refractivity contribution >= 4 is 11.6 Å². The van der Waals surface area contributed by atoms with Gasteiger partial charge in [0.15, 0.2) is 0 Å². The fourth-order valence-corrected chi connectivity index (χ4v) is 1.77. The van der Waals surface area contributed by atoms with Crippen LogP contribution in [0.5, 0.6) is 0 Å². The van der Waals surface area contributed by atoms with Crippen molar-refractivity contribution in [2.45, 2.75) is 19.4 Å². The summed E-state index contributed by atoms with van der Waals surface area (Å²) in [6, 6.07) is 7.24. The van der Waals surface area contributed by atoms with E-state index in [2.05, 4.69) is 5.32 Å². The molecule has 1 amide bonds. The van der Waals surface area contributed by atoms with Crippen molar-refractivity contribution in [3.63, 3.8) is 0 Å². The number of carbonyl (C=O) groups is 1. The molecule has 0 bridgehead atoms. The fraction of sp³-hybridized carbons (Fsp3) is 0.308. The average molecular weight is 217 g/mol. The van der Waals surface area contributed by atoms with Crippen LogP contribution >= 0.6 is 0 Å². The molecule has 0 aromatic heterocycles. The molecule has 0 radical (unpaired) electrons. The number of amides is 1. The molecule has 84 valence electrons. The van der Waals surface area contributed by atoms with E-state index in [-0.39, 0.29) is 18.4 Å². The fourth-order valence-electron chi connectivity index (χ4n) is 1.77. The van der Waals surface area contributed by atoms with Crippen LogP contribution in [-0.2, 0) is 11.4 Å². The third kappa shape index (κ3) is 2.49. The Labute approximate surface area is 94.8 Å². The highest BCUT2D eigenvalue weighted by Gasteiger charge is 2.18. The van der Waals surface area contributed by atoms with Crippen LogP contribution in [0, 0.1) is 5.92 Å². The minimum Gasteiger partial charge on any atom is -0.392 e. The zero-order valence-electron chi connectivity index (χ0n) is 9.02. The Morgan fingerprint density at radius 3 is 2.44 bits per heavy atom. The molecule has 0 unspecified atom stereocenters. The highest BCUT2D eigenvalue weighted by molar-refractivity contribution is 5.93. The van der Waals surface area contributed by atoms with Crippen molar-refractivity contribution in [2.75, 3.05) is 5.32 Å². The van der Waals surface area contributed by atoms with Gasteiger partial charge in [0, 0.05) is 11.6 Å². The van der Waals surface area contributed by atoms with E-state index in [1.807, 2.05) is 36.4 Å². The number of anilines is 1. The van der Waals surface area contributed by atoms with Crippen molar-refractivity contribution in [1.82, 2.24) is 0 Å². The molecule has 3 heteroatoms. The van der Waals surface area contributed by atoms with Gasteiger partial charge in [-0.2, -0.15) is 0 Å². The zero-order valence-corrected chi connectivity index (χ0v) is 9.02. The van der Waals surface area contributed by atoms with Crippen molar-refractivity contribution in [1.29, 1.82) is 0 Å². The molecule has 2 rings (SSSR count). The molecule has 1 aromatic carbocycles. The maximum atomic E-state index is 11.8. The van der Waals surface area contributed by atoms with Crippen LogP contribution in [0.3, 0.4) is 0 Å². The van der Waals surface area contributed by atoms with Crippen LogP contribution in [0.2, 0.25) is 0 Å². The molecule has 0 saturated carbocycles. The van der Waals surface area contributed by atoms with Gasteiger partial charge in [0.05, 0.1) is 6.61 Å². The lowest BCUT2D eigenvalue weighted by atomic mass is 10.1. The molecule has 0 atom stereocenters. The molecule has 1 aromatic rings. The Balaban J connectivity index is 1.95. The van der Waals surface area contributed by atoms with Crippen LogP contribution in [-0.4, -0.2) is 11.0 Å². The molecule has 3 nitrogen and oxygen atoms in total. The standard InChI is InChI=1S/C13H15NO2/c15-9-10-5-7-12(8-6-10)14-13(16)11-3-1-2-4-11/h1-2,5-8,11,15H,3-4,9H2,(H,14,16). The highest BCUT2D eigenvalue weighted by Crippen LogP contribution is 2.20. The van der Waals surface area contributed by atoms with Crippen molar-refractivity contribution in [2.24, 2.45) is 5.92 Å². The van der Waals surface area contributed by atoms with Crippen LogP contribution in [0.4, 0.5) is 5.69 Å². The molecule has 16 heavy (non-hydrogen) atoms. The van der Waals surface area contributed by atoms with Gasteiger partial charge in [-0.25, -0.2) is 0 Å². The van der Waals surface area contributed by atoms with Crippen molar-refractivity contribution in [3.8, 4) is 0 Å². The number of rotatable bonds is 3. The average Bonchev–Trinajstić information content (AvgIpc) is 2.83. The summed E-state index contributed by atoms with van der Waals surface area (Å²) < 4.78 is 0. The van der Waals surface area contributed by atoms with Gasteiger partial charge in [0.1, 0.15) is 0 Å². The first-order valence-electron chi connectivity index (χ1n) is 5.45. The third-order valence-corrected chi connectivity index (χ3v) is 2.78. The Hall–Kier alpha value is -1.61. The molecule has 2 N–H and O–H groups in total. The molecular formula is C13H15NO2. The summed E-state index contributed by atoms with van der Waals surface area (Å²) >= 11 is 0. The minimum absolute atomic E-state index is 0.0285. The normalized spacial score (nSPS) is 15.3. The summed E-state index contributed by atoms with van der Waals surface area (Å²) in [7, 11) is 0. The Bertz CT molecular complexity index is 387. The van der Waals surface area contributed by atoms with Gasteiger partial charge >= 0.3 is 0 Å². The predicted molar refractivity (Wildman–Crippen MR) is 62.9 cm³/mol. The molecule has 0 saturated heterocycles. The highest BCUT2D eigenvalue weighted by atomic mass is 16.3. The second-order valence-corrected chi connectivity index (χ2v) is 3.98. The van der Waals surface area contributed by atoms with Crippen LogP contribution in [0.25, 0.3) is 0 Å². The number of hydrogen-bond acceptors (Lipinski definition) is 2. The Kier molecular flexibility index (Phi) is 3.37. The van der Waals surface area contributed by atoms with E-state index < -0.39 is 0 Å². The van der Waals surface area contributed by atoms with Crippen molar-refractivity contribution in [3.05, 3.63) is 42.0 Å². The first kappa shape index (κ1) is 10.9. The lowest BCUT2D eigenvalue weighted by Crippen LogP contribution is -2.20. The van der Waals surface area contributed by atoms with Gasteiger partial charge in [0.25, 0.3) is 0 Å². The summed E-state index contributed by atoms with van der Waals surface area (Å²) in [5.74, 6) is 0.152. The maximum Gasteiger partial charge on any atom is 0.228 e. The van der Waals surface area contributed by atoms with E-state index >= 15 is 0 Å². The van der Waals surface area contributed by atoms with E-state index in [1.165, 1.54) is 0 Å². The second-order valence-electron chi connectivity index (χ2n) is 3.98. The van der Waals surface area contributed by atoms with Gasteiger partial charge < -0.3 is 10.4 Å². The molecule has 0 fully saturated rings. The predicted octanol–water partition coefficient (Wildman–Crippen LogP) is 2.08. The number of hydrogen-bond donors (Lipinski definition) is 2. The molecular weight excluding hydrogens is 202 g/mol. The lowest BCUT2D eigenvalue weighted by Gasteiger charge is -2.10. The second kappa shape index (κ2) is 4.94.